The molecule has 1 aromatic heterocycles. The molecule has 0 radical (unpaired) electrons. The minimum Gasteiger partial charge on any atom is -0.391 e. The van der Waals surface area contributed by atoms with Crippen molar-refractivity contribution in [1.29, 1.82) is 0 Å². The largest absolute Gasteiger partial charge is 0.391 e. The smallest absolute Gasteiger partial charge is 0.254 e. The Hall–Kier alpha value is -2.34. The van der Waals surface area contributed by atoms with E-state index in [2.05, 4.69) is 10.4 Å². The number of aliphatic hydroxyl groups excluding tert-OH is 1. The molecule has 1 aliphatic heterocycles. The zero-order valence-corrected chi connectivity index (χ0v) is 14.2. The van der Waals surface area contributed by atoms with Crippen molar-refractivity contribution in [3.8, 4) is 0 Å². The monoisotopic (exact) mass is 328 g/mol. The van der Waals surface area contributed by atoms with Crippen LogP contribution in [0.2, 0.25) is 0 Å². The van der Waals surface area contributed by atoms with E-state index < -0.39 is 6.10 Å². The number of carbonyl (C=O) groups is 1. The summed E-state index contributed by atoms with van der Waals surface area (Å²) in [6.07, 6.45) is 3.21. The molecule has 0 spiro atoms. The van der Waals surface area contributed by atoms with E-state index >= 15 is 0 Å². The lowest BCUT2D eigenvalue weighted by Crippen LogP contribution is -2.42. The van der Waals surface area contributed by atoms with E-state index in [9.17, 15) is 9.90 Å². The highest BCUT2D eigenvalue weighted by Crippen LogP contribution is 2.17. The van der Waals surface area contributed by atoms with E-state index in [4.69, 9.17) is 0 Å². The predicted molar refractivity (Wildman–Crippen MR) is 92.9 cm³/mol. The molecule has 2 heterocycles. The van der Waals surface area contributed by atoms with Crippen LogP contribution in [0.3, 0.4) is 0 Å². The van der Waals surface area contributed by atoms with Crippen molar-refractivity contribution >= 4 is 11.6 Å². The second-order valence-electron chi connectivity index (χ2n) is 6.39. The maximum absolute atomic E-state index is 12.6. The number of benzene rings is 1. The average Bonchev–Trinajstić information content (AvgIpc) is 2.90. The Morgan fingerprint density at radius 3 is 3.00 bits per heavy atom. The molecule has 24 heavy (non-hydrogen) atoms. The van der Waals surface area contributed by atoms with Crippen LogP contribution in [0.5, 0.6) is 0 Å². The van der Waals surface area contributed by atoms with Gasteiger partial charge in [-0.05, 0) is 38.0 Å². The molecule has 1 fully saturated rings. The molecule has 6 heteroatoms. The molecule has 1 atom stereocenters. The number of aromatic nitrogens is 2. The zero-order chi connectivity index (χ0) is 17.1. The molecular weight excluding hydrogens is 304 g/mol. The highest BCUT2D eigenvalue weighted by molar-refractivity contribution is 5.95. The molecule has 1 unspecified atom stereocenters. The number of aliphatic hydroxyl groups is 1. The van der Waals surface area contributed by atoms with Gasteiger partial charge in [0.15, 0.2) is 0 Å². The molecule has 1 saturated heterocycles. The van der Waals surface area contributed by atoms with E-state index in [1.54, 1.807) is 9.58 Å². The third-order valence-electron chi connectivity index (χ3n) is 4.39. The fourth-order valence-electron chi connectivity index (χ4n) is 3.10. The molecule has 2 aromatic rings. The Labute approximate surface area is 142 Å². The van der Waals surface area contributed by atoms with E-state index in [1.165, 1.54) is 0 Å². The molecule has 0 aliphatic carbocycles. The fraction of sp³-hybridized carbons (Fsp3) is 0.444. The fourth-order valence-corrected chi connectivity index (χ4v) is 3.10. The molecule has 6 nitrogen and oxygen atoms in total. The van der Waals surface area contributed by atoms with Crippen LogP contribution in [-0.4, -0.2) is 44.9 Å². The number of hydrogen-bond acceptors (Lipinski definition) is 4. The number of nitrogens with zero attached hydrogens (tertiary/aromatic N) is 3. The lowest BCUT2D eigenvalue weighted by atomic mass is 10.1. The van der Waals surface area contributed by atoms with Gasteiger partial charge in [-0.3, -0.25) is 9.48 Å². The summed E-state index contributed by atoms with van der Waals surface area (Å²) in [7, 11) is 1.91. The molecule has 1 aromatic carbocycles. The number of amides is 1. The summed E-state index contributed by atoms with van der Waals surface area (Å²) in [5.74, 6) is -0.0186. The van der Waals surface area contributed by atoms with E-state index in [1.807, 2.05) is 44.4 Å². The first-order valence-corrected chi connectivity index (χ1v) is 8.33. The highest BCUT2D eigenvalue weighted by Gasteiger charge is 2.23. The number of rotatable bonds is 4. The summed E-state index contributed by atoms with van der Waals surface area (Å²) >= 11 is 0. The van der Waals surface area contributed by atoms with Crippen LogP contribution in [0.4, 0.5) is 5.69 Å². The normalized spacial score (nSPS) is 17.8. The Morgan fingerprint density at radius 1 is 1.46 bits per heavy atom. The second-order valence-corrected chi connectivity index (χ2v) is 6.39. The number of piperidine rings is 1. The lowest BCUT2D eigenvalue weighted by Gasteiger charge is -2.30. The molecule has 128 valence electrons. The minimum absolute atomic E-state index is 0.0186. The average molecular weight is 328 g/mol. The Kier molecular flexibility index (Phi) is 4.85. The maximum atomic E-state index is 12.6. The lowest BCUT2D eigenvalue weighted by molar-refractivity contribution is 0.0474. The molecule has 1 amide bonds. The number of aryl methyl sites for hydroxylation is 2. The van der Waals surface area contributed by atoms with Gasteiger partial charge in [0.1, 0.15) is 0 Å². The van der Waals surface area contributed by atoms with Crippen molar-refractivity contribution in [2.24, 2.45) is 7.05 Å². The van der Waals surface area contributed by atoms with Gasteiger partial charge in [0.25, 0.3) is 5.91 Å². The first kappa shape index (κ1) is 16.5. The summed E-state index contributed by atoms with van der Waals surface area (Å²) in [5, 5.41) is 17.4. The molecule has 2 N–H and O–H groups in total. The van der Waals surface area contributed by atoms with Crippen LogP contribution in [0.1, 0.15) is 34.5 Å². The van der Waals surface area contributed by atoms with Crippen molar-refractivity contribution in [3.05, 3.63) is 47.3 Å². The minimum atomic E-state index is -0.405. The summed E-state index contributed by atoms with van der Waals surface area (Å²) < 4.78 is 1.80. The van der Waals surface area contributed by atoms with Gasteiger partial charge in [0.2, 0.25) is 0 Å². The van der Waals surface area contributed by atoms with Crippen molar-refractivity contribution < 1.29 is 9.90 Å². The van der Waals surface area contributed by atoms with Crippen LogP contribution < -0.4 is 5.32 Å². The van der Waals surface area contributed by atoms with Gasteiger partial charge in [0, 0.05) is 49.7 Å². The molecular formula is C18H24N4O2. The van der Waals surface area contributed by atoms with Crippen LogP contribution in [0.25, 0.3) is 0 Å². The molecule has 3 rings (SSSR count). The topological polar surface area (TPSA) is 70.4 Å². The summed E-state index contributed by atoms with van der Waals surface area (Å²) in [4.78, 5) is 14.3. The summed E-state index contributed by atoms with van der Waals surface area (Å²) in [6, 6.07) is 7.53. The van der Waals surface area contributed by atoms with Crippen molar-refractivity contribution in [3.63, 3.8) is 0 Å². The van der Waals surface area contributed by atoms with E-state index in [0.29, 0.717) is 25.2 Å². The van der Waals surface area contributed by atoms with E-state index in [0.717, 1.165) is 29.8 Å². The first-order chi connectivity index (χ1) is 11.5. The number of β-amino-alcohol motifs (C(OH)–C–C–N with tert-alkyl or cyclic N) is 1. The van der Waals surface area contributed by atoms with Gasteiger partial charge in [0.05, 0.1) is 11.8 Å². The third-order valence-corrected chi connectivity index (χ3v) is 4.39. The third kappa shape index (κ3) is 3.76. The molecule has 1 aliphatic rings. The van der Waals surface area contributed by atoms with Crippen LogP contribution in [0.15, 0.2) is 30.5 Å². The van der Waals surface area contributed by atoms with Gasteiger partial charge in [-0.1, -0.05) is 6.07 Å². The van der Waals surface area contributed by atoms with Gasteiger partial charge in [-0.15, -0.1) is 0 Å². The van der Waals surface area contributed by atoms with Crippen LogP contribution in [0, 0.1) is 6.92 Å². The predicted octanol–water partition coefficient (Wildman–Crippen LogP) is 1.94. The number of nitrogens with one attached hydrogen (secondary N) is 1. The number of carbonyl (C=O) groups excluding carboxylic acids is 1. The standard InChI is InChI=1S/C18H24N4O2/c1-13-15(11-21(2)20-13)10-19-16-6-3-5-14(9-16)18(24)22-8-4-7-17(23)12-22/h3,5-6,9,11,17,19,23H,4,7-8,10,12H2,1-2H3. The Morgan fingerprint density at radius 2 is 2.29 bits per heavy atom. The zero-order valence-electron chi connectivity index (χ0n) is 14.2. The number of likely N-dealkylation sites (tertiary alicyclic amines) is 1. The Bertz CT molecular complexity index is 726. The van der Waals surface area contributed by atoms with E-state index in [-0.39, 0.29) is 5.91 Å². The van der Waals surface area contributed by atoms with Gasteiger partial charge in [-0.25, -0.2) is 0 Å². The maximum Gasteiger partial charge on any atom is 0.254 e. The van der Waals surface area contributed by atoms with Gasteiger partial charge < -0.3 is 15.3 Å². The van der Waals surface area contributed by atoms with Crippen molar-refractivity contribution in [2.45, 2.75) is 32.4 Å². The Balaban J connectivity index is 1.67. The quantitative estimate of drug-likeness (QED) is 0.900. The van der Waals surface area contributed by atoms with Crippen molar-refractivity contribution in [1.82, 2.24) is 14.7 Å². The highest BCUT2D eigenvalue weighted by atomic mass is 16.3. The SMILES string of the molecule is Cc1nn(C)cc1CNc1cccc(C(=O)N2CCCC(O)C2)c1. The van der Waals surface area contributed by atoms with Gasteiger partial charge >= 0.3 is 0 Å². The van der Waals surface area contributed by atoms with Crippen LogP contribution >= 0.6 is 0 Å². The second kappa shape index (κ2) is 7.05. The van der Waals surface area contributed by atoms with Crippen molar-refractivity contribution in [2.75, 3.05) is 18.4 Å². The number of anilines is 1. The summed E-state index contributed by atoms with van der Waals surface area (Å²) in [5.41, 5.74) is 3.69. The molecule has 0 bridgehead atoms. The van der Waals surface area contributed by atoms with Gasteiger partial charge in [-0.2, -0.15) is 5.10 Å². The first-order valence-electron chi connectivity index (χ1n) is 8.33. The number of hydrogen-bond donors (Lipinski definition) is 2. The van der Waals surface area contributed by atoms with Crippen LogP contribution in [-0.2, 0) is 13.6 Å². The molecule has 0 saturated carbocycles. The summed E-state index contributed by atoms with van der Waals surface area (Å²) in [6.45, 7) is 3.78.